The van der Waals surface area contributed by atoms with Crippen molar-refractivity contribution < 1.29 is 13.2 Å². The molecular weight excluding hydrogens is 410 g/mol. The molecule has 1 aromatic heterocycles. The van der Waals surface area contributed by atoms with Crippen LogP contribution in [0.4, 0.5) is 5.69 Å². The fraction of sp³-hybridized carbons (Fsp3) is 0.375. The Labute approximate surface area is 185 Å². The summed E-state index contributed by atoms with van der Waals surface area (Å²) < 4.78 is 31.9. The lowest BCUT2D eigenvalue weighted by molar-refractivity contribution is 0.465. The summed E-state index contributed by atoms with van der Waals surface area (Å²) >= 11 is 0. The quantitative estimate of drug-likeness (QED) is 0.414. The molecule has 1 N–H and O–H groups in total. The predicted octanol–water partition coefficient (Wildman–Crippen LogP) is 5.68. The summed E-state index contributed by atoms with van der Waals surface area (Å²) in [7, 11) is -3.55. The Morgan fingerprint density at radius 1 is 1.00 bits per heavy atom. The number of hydrogen-bond acceptors (Lipinski definition) is 5. The van der Waals surface area contributed by atoms with Crippen LogP contribution in [0.3, 0.4) is 0 Å². The number of hydrogen-bond donors (Lipinski definition) is 1. The molecule has 2 aromatic carbocycles. The highest BCUT2D eigenvalue weighted by Gasteiger charge is 2.25. The van der Waals surface area contributed by atoms with Crippen LogP contribution in [0.5, 0.6) is 11.5 Å². The second kappa shape index (κ2) is 10.5. The highest BCUT2D eigenvalue weighted by atomic mass is 32.2. The number of aromatic amines is 1. The molecule has 0 unspecified atom stereocenters. The number of H-pyrrole nitrogens is 1. The van der Waals surface area contributed by atoms with Crippen LogP contribution in [-0.4, -0.2) is 38.0 Å². The van der Waals surface area contributed by atoms with Gasteiger partial charge in [-0.25, -0.2) is 8.42 Å². The second-order valence-electron chi connectivity index (χ2n) is 7.66. The summed E-state index contributed by atoms with van der Waals surface area (Å²) in [5.74, 6) is 0.979. The Balaban J connectivity index is 2.22. The van der Waals surface area contributed by atoms with Gasteiger partial charge in [0.1, 0.15) is 10.6 Å². The van der Waals surface area contributed by atoms with Crippen LogP contribution >= 0.6 is 0 Å². The van der Waals surface area contributed by atoms with E-state index in [1.165, 1.54) is 6.26 Å². The van der Waals surface area contributed by atoms with Crippen LogP contribution in [-0.2, 0) is 9.84 Å². The first-order valence-corrected chi connectivity index (χ1v) is 12.7. The van der Waals surface area contributed by atoms with Crippen LogP contribution in [0.25, 0.3) is 11.3 Å². The zero-order chi connectivity index (χ0) is 22.3. The number of ether oxygens (including phenoxy) is 1. The largest absolute Gasteiger partial charge is 0.454 e. The third-order valence-corrected chi connectivity index (χ3v) is 6.20. The Hall–Kier alpha value is -2.80. The van der Waals surface area contributed by atoms with Gasteiger partial charge in [-0.05, 0) is 43.2 Å². The molecule has 6 nitrogen and oxygen atoms in total. The van der Waals surface area contributed by atoms with Crippen LogP contribution in [0.15, 0.2) is 59.6 Å². The third-order valence-electron chi connectivity index (χ3n) is 5.10. The zero-order valence-electron chi connectivity index (χ0n) is 18.5. The lowest BCUT2D eigenvalue weighted by Crippen LogP contribution is -2.26. The monoisotopic (exact) mass is 441 g/mol. The van der Waals surface area contributed by atoms with Crippen molar-refractivity contribution in [3.8, 4) is 22.8 Å². The number of para-hydroxylation sites is 1. The standard InChI is InChI=1S/C24H31N3O3S/c1-4-6-15-27(16-7-5-2)22-17-19(21-13-14-25-26-21)18-23(31(3,28)29)24(22)30-20-11-9-8-10-12-20/h8-14,17-18H,4-7,15-16H2,1-3H3,(H,25,26). The molecule has 0 bridgehead atoms. The molecule has 1 heterocycles. The van der Waals surface area contributed by atoms with Crippen LogP contribution in [0, 0.1) is 0 Å². The summed E-state index contributed by atoms with van der Waals surface area (Å²) in [5.41, 5.74) is 2.23. The minimum absolute atomic E-state index is 0.171. The number of nitrogens with one attached hydrogen (secondary N) is 1. The van der Waals surface area contributed by atoms with E-state index in [1.54, 1.807) is 12.3 Å². The van der Waals surface area contributed by atoms with Gasteiger partial charge in [0.2, 0.25) is 0 Å². The minimum atomic E-state index is -3.55. The molecule has 0 saturated carbocycles. The van der Waals surface area contributed by atoms with E-state index in [1.807, 2.05) is 42.5 Å². The van der Waals surface area contributed by atoms with Gasteiger partial charge >= 0.3 is 0 Å². The molecule has 31 heavy (non-hydrogen) atoms. The normalized spacial score (nSPS) is 11.5. The lowest BCUT2D eigenvalue weighted by Gasteiger charge is -2.28. The number of benzene rings is 2. The molecule has 0 radical (unpaired) electrons. The number of aromatic nitrogens is 2. The summed E-state index contributed by atoms with van der Waals surface area (Å²) in [6.45, 7) is 5.96. The molecule has 0 fully saturated rings. The van der Waals surface area contributed by atoms with E-state index in [2.05, 4.69) is 28.9 Å². The average molecular weight is 442 g/mol. The summed E-state index contributed by atoms with van der Waals surface area (Å²) in [6, 6.07) is 14.8. The van der Waals surface area contributed by atoms with E-state index < -0.39 is 9.84 Å². The lowest BCUT2D eigenvalue weighted by atomic mass is 10.1. The molecule has 0 amide bonds. The molecule has 0 spiro atoms. The van der Waals surface area contributed by atoms with E-state index >= 15 is 0 Å². The maximum Gasteiger partial charge on any atom is 0.179 e. The second-order valence-corrected chi connectivity index (χ2v) is 9.65. The smallest absolute Gasteiger partial charge is 0.179 e. The summed E-state index contributed by atoms with van der Waals surface area (Å²) in [6.07, 6.45) is 7.08. The van der Waals surface area contributed by atoms with E-state index in [-0.39, 0.29) is 4.90 Å². The van der Waals surface area contributed by atoms with Crippen LogP contribution in [0.1, 0.15) is 39.5 Å². The van der Waals surface area contributed by atoms with Crippen molar-refractivity contribution in [1.29, 1.82) is 0 Å². The average Bonchev–Trinajstić information content (AvgIpc) is 3.29. The van der Waals surface area contributed by atoms with Crippen molar-refractivity contribution in [2.24, 2.45) is 0 Å². The third kappa shape index (κ3) is 5.88. The molecule has 0 aliphatic carbocycles. The molecule has 0 aliphatic heterocycles. The number of sulfone groups is 1. The maximum absolute atomic E-state index is 12.8. The van der Waals surface area contributed by atoms with E-state index in [0.29, 0.717) is 17.2 Å². The SMILES string of the molecule is CCCCN(CCCC)c1cc(-c2cc[nH]n2)cc(S(C)(=O)=O)c1Oc1ccccc1. The molecule has 0 atom stereocenters. The fourth-order valence-corrected chi connectivity index (χ4v) is 4.25. The van der Waals surface area contributed by atoms with Crippen molar-refractivity contribution in [2.75, 3.05) is 24.2 Å². The Bertz CT molecular complexity index is 1060. The van der Waals surface area contributed by atoms with Crippen molar-refractivity contribution >= 4 is 15.5 Å². The highest BCUT2D eigenvalue weighted by Crippen LogP contribution is 2.42. The van der Waals surface area contributed by atoms with Gasteiger partial charge in [-0.3, -0.25) is 5.10 Å². The van der Waals surface area contributed by atoms with Gasteiger partial charge in [0, 0.05) is 31.1 Å². The first-order chi connectivity index (χ1) is 14.9. The van der Waals surface area contributed by atoms with Gasteiger partial charge in [0.15, 0.2) is 15.6 Å². The Morgan fingerprint density at radius 3 is 2.23 bits per heavy atom. The number of anilines is 1. The number of rotatable bonds is 11. The van der Waals surface area contributed by atoms with Gasteiger partial charge in [-0.1, -0.05) is 44.9 Å². The molecular formula is C24H31N3O3S. The van der Waals surface area contributed by atoms with Gasteiger partial charge in [-0.15, -0.1) is 0 Å². The minimum Gasteiger partial charge on any atom is -0.454 e. The van der Waals surface area contributed by atoms with Crippen molar-refractivity contribution in [3.05, 3.63) is 54.7 Å². The van der Waals surface area contributed by atoms with Gasteiger partial charge < -0.3 is 9.64 Å². The van der Waals surface area contributed by atoms with Crippen molar-refractivity contribution in [1.82, 2.24) is 10.2 Å². The van der Waals surface area contributed by atoms with E-state index in [9.17, 15) is 8.42 Å². The van der Waals surface area contributed by atoms with Gasteiger partial charge in [-0.2, -0.15) is 5.10 Å². The molecule has 166 valence electrons. The maximum atomic E-state index is 12.8. The fourth-order valence-electron chi connectivity index (χ4n) is 3.43. The highest BCUT2D eigenvalue weighted by molar-refractivity contribution is 7.90. The first kappa shape index (κ1) is 22.9. The van der Waals surface area contributed by atoms with Crippen molar-refractivity contribution in [3.63, 3.8) is 0 Å². The molecule has 0 saturated heterocycles. The van der Waals surface area contributed by atoms with Gasteiger partial charge in [0.05, 0.1) is 11.4 Å². The van der Waals surface area contributed by atoms with Gasteiger partial charge in [0.25, 0.3) is 0 Å². The topological polar surface area (TPSA) is 75.3 Å². The van der Waals surface area contributed by atoms with Crippen LogP contribution < -0.4 is 9.64 Å². The van der Waals surface area contributed by atoms with Crippen LogP contribution in [0.2, 0.25) is 0 Å². The number of unbranched alkanes of at least 4 members (excludes halogenated alkanes) is 2. The molecule has 7 heteroatoms. The first-order valence-electron chi connectivity index (χ1n) is 10.8. The summed E-state index contributed by atoms with van der Waals surface area (Å²) in [5, 5.41) is 7.08. The molecule has 3 aromatic rings. The predicted molar refractivity (Wildman–Crippen MR) is 126 cm³/mol. The molecule has 0 aliphatic rings. The zero-order valence-corrected chi connectivity index (χ0v) is 19.3. The van der Waals surface area contributed by atoms with Crippen molar-refractivity contribution in [2.45, 2.75) is 44.4 Å². The Morgan fingerprint density at radius 2 is 1.68 bits per heavy atom. The molecule has 3 rings (SSSR count). The van der Waals surface area contributed by atoms with E-state index in [0.717, 1.165) is 50.0 Å². The summed E-state index contributed by atoms with van der Waals surface area (Å²) in [4.78, 5) is 2.42. The van der Waals surface area contributed by atoms with E-state index in [4.69, 9.17) is 4.74 Å². The Kier molecular flexibility index (Phi) is 7.74. The number of nitrogens with zero attached hydrogens (tertiary/aromatic N) is 2.